The van der Waals surface area contributed by atoms with Gasteiger partial charge in [-0.3, -0.25) is 0 Å². The summed E-state index contributed by atoms with van der Waals surface area (Å²) in [4.78, 5) is 0. The molecule has 0 unspecified atom stereocenters. The van der Waals surface area contributed by atoms with Crippen molar-refractivity contribution in [2.75, 3.05) is 18.9 Å². The summed E-state index contributed by atoms with van der Waals surface area (Å²) in [6.07, 6.45) is 0. The van der Waals surface area contributed by atoms with Crippen LogP contribution in [0.1, 0.15) is 13.8 Å². The van der Waals surface area contributed by atoms with Crippen molar-refractivity contribution in [1.82, 2.24) is 0 Å². The zero-order valence-corrected chi connectivity index (χ0v) is 8.04. The maximum Gasteiger partial charge on any atom is 0.142 e. The minimum Gasteiger partial charge on any atom is -0.494 e. The van der Waals surface area contributed by atoms with Crippen molar-refractivity contribution >= 4 is 5.69 Å². The van der Waals surface area contributed by atoms with Crippen molar-refractivity contribution in [2.45, 2.75) is 13.8 Å². The summed E-state index contributed by atoms with van der Waals surface area (Å²) < 4.78 is 10.6. The van der Waals surface area contributed by atoms with Crippen molar-refractivity contribution in [3.63, 3.8) is 0 Å². The average molecular weight is 181 g/mol. The fraction of sp³-hybridized carbons (Fsp3) is 0.400. The van der Waals surface area contributed by atoms with Crippen LogP contribution in [0.2, 0.25) is 0 Å². The summed E-state index contributed by atoms with van der Waals surface area (Å²) in [7, 11) is 0. The van der Waals surface area contributed by atoms with E-state index in [1.807, 2.05) is 26.0 Å². The molecule has 0 heterocycles. The lowest BCUT2D eigenvalue weighted by atomic mass is 10.3. The van der Waals surface area contributed by atoms with E-state index in [1.54, 1.807) is 6.07 Å². The zero-order chi connectivity index (χ0) is 9.68. The second kappa shape index (κ2) is 4.60. The van der Waals surface area contributed by atoms with E-state index in [2.05, 4.69) is 0 Å². The lowest BCUT2D eigenvalue weighted by Crippen LogP contribution is -1.98. The molecule has 0 bridgehead atoms. The Labute approximate surface area is 78.5 Å². The molecule has 3 heteroatoms. The van der Waals surface area contributed by atoms with Crippen molar-refractivity contribution in [3.05, 3.63) is 18.2 Å². The van der Waals surface area contributed by atoms with Gasteiger partial charge in [0, 0.05) is 6.07 Å². The van der Waals surface area contributed by atoms with Gasteiger partial charge in [-0.1, -0.05) is 0 Å². The number of nitrogen functional groups attached to an aromatic ring is 1. The molecule has 0 spiro atoms. The highest BCUT2D eigenvalue weighted by molar-refractivity contribution is 5.56. The number of anilines is 1. The molecule has 1 aromatic rings. The van der Waals surface area contributed by atoms with Crippen molar-refractivity contribution in [1.29, 1.82) is 0 Å². The van der Waals surface area contributed by atoms with E-state index in [-0.39, 0.29) is 0 Å². The molecule has 0 aliphatic carbocycles. The van der Waals surface area contributed by atoms with Gasteiger partial charge in [-0.25, -0.2) is 0 Å². The van der Waals surface area contributed by atoms with E-state index in [0.29, 0.717) is 24.7 Å². The van der Waals surface area contributed by atoms with Gasteiger partial charge in [0.25, 0.3) is 0 Å². The van der Waals surface area contributed by atoms with Crippen LogP contribution in [0.4, 0.5) is 5.69 Å². The van der Waals surface area contributed by atoms with Gasteiger partial charge in [-0.05, 0) is 26.0 Å². The van der Waals surface area contributed by atoms with E-state index in [1.165, 1.54) is 0 Å². The van der Waals surface area contributed by atoms with Crippen molar-refractivity contribution < 1.29 is 9.47 Å². The van der Waals surface area contributed by atoms with Crippen LogP contribution in [-0.2, 0) is 0 Å². The second-order valence-electron chi connectivity index (χ2n) is 2.57. The van der Waals surface area contributed by atoms with Gasteiger partial charge in [0.15, 0.2) is 0 Å². The first-order valence-corrected chi connectivity index (χ1v) is 4.43. The van der Waals surface area contributed by atoms with Crippen LogP contribution in [-0.4, -0.2) is 13.2 Å². The summed E-state index contributed by atoms with van der Waals surface area (Å²) in [5.74, 6) is 1.49. The molecule has 0 fully saturated rings. The van der Waals surface area contributed by atoms with Gasteiger partial charge in [0.1, 0.15) is 11.5 Å². The number of nitrogens with two attached hydrogens (primary N) is 1. The summed E-state index contributed by atoms with van der Waals surface area (Å²) >= 11 is 0. The molecule has 0 radical (unpaired) electrons. The van der Waals surface area contributed by atoms with Crippen LogP contribution in [0.25, 0.3) is 0 Å². The quantitative estimate of drug-likeness (QED) is 0.723. The van der Waals surface area contributed by atoms with Gasteiger partial charge in [0.2, 0.25) is 0 Å². The van der Waals surface area contributed by atoms with Gasteiger partial charge in [-0.2, -0.15) is 0 Å². The molecule has 0 aliphatic rings. The third kappa shape index (κ3) is 2.54. The first kappa shape index (κ1) is 9.71. The van der Waals surface area contributed by atoms with Crippen LogP contribution >= 0.6 is 0 Å². The van der Waals surface area contributed by atoms with Gasteiger partial charge in [-0.15, -0.1) is 0 Å². The second-order valence-corrected chi connectivity index (χ2v) is 2.57. The highest BCUT2D eigenvalue weighted by Gasteiger charge is 2.00. The molecule has 3 nitrogen and oxygen atoms in total. The van der Waals surface area contributed by atoms with Crippen LogP contribution < -0.4 is 15.2 Å². The van der Waals surface area contributed by atoms with Crippen LogP contribution in [0.15, 0.2) is 18.2 Å². The van der Waals surface area contributed by atoms with Gasteiger partial charge in [0.05, 0.1) is 18.9 Å². The molecular formula is C10H15NO2. The molecule has 72 valence electrons. The maximum atomic E-state index is 5.73. The van der Waals surface area contributed by atoms with E-state index < -0.39 is 0 Å². The molecule has 13 heavy (non-hydrogen) atoms. The molecule has 1 aromatic carbocycles. The first-order chi connectivity index (χ1) is 6.27. The third-order valence-corrected chi connectivity index (χ3v) is 1.59. The Morgan fingerprint density at radius 2 is 1.85 bits per heavy atom. The molecule has 0 aromatic heterocycles. The van der Waals surface area contributed by atoms with Gasteiger partial charge >= 0.3 is 0 Å². The number of benzene rings is 1. The average Bonchev–Trinajstić information content (AvgIpc) is 2.10. The third-order valence-electron chi connectivity index (χ3n) is 1.59. The Morgan fingerprint density at radius 3 is 2.38 bits per heavy atom. The predicted molar refractivity (Wildman–Crippen MR) is 53.2 cm³/mol. The van der Waals surface area contributed by atoms with Crippen LogP contribution in [0, 0.1) is 0 Å². The fourth-order valence-corrected chi connectivity index (χ4v) is 1.07. The SMILES string of the molecule is CCOc1ccc(OCC)c(N)c1. The monoisotopic (exact) mass is 181 g/mol. The van der Waals surface area contributed by atoms with E-state index in [0.717, 1.165) is 5.75 Å². The molecule has 0 atom stereocenters. The summed E-state index contributed by atoms with van der Waals surface area (Å²) in [5.41, 5.74) is 6.35. The lowest BCUT2D eigenvalue weighted by molar-refractivity contribution is 0.332. The molecule has 0 saturated heterocycles. The molecule has 0 amide bonds. The maximum absolute atomic E-state index is 5.73. The van der Waals surface area contributed by atoms with Gasteiger partial charge < -0.3 is 15.2 Å². The highest BCUT2D eigenvalue weighted by atomic mass is 16.5. The van der Waals surface area contributed by atoms with Crippen molar-refractivity contribution in [2.24, 2.45) is 0 Å². The van der Waals surface area contributed by atoms with Crippen LogP contribution in [0.5, 0.6) is 11.5 Å². The van der Waals surface area contributed by atoms with Crippen LogP contribution in [0.3, 0.4) is 0 Å². The molecular weight excluding hydrogens is 166 g/mol. The Hall–Kier alpha value is -1.38. The molecule has 0 aliphatic heterocycles. The lowest BCUT2D eigenvalue weighted by Gasteiger charge is -2.08. The number of hydrogen-bond acceptors (Lipinski definition) is 3. The topological polar surface area (TPSA) is 44.5 Å². The largest absolute Gasteiger partial charge is 0.494 e. The summed E-state index contributed by atoms with van der Waals surface area (Å²) in [5, 5.41) is 0. The standard InChI is InChI=1S/C10H15NO2/c1-3-12-8-5-6-10(13-4-2)9(11)7-8/h5-7H,3-4,11H2,1-2H3. The minimum atomic E-state index is 0.618. The Bertz CT molecular complexity index is 274. The van der Waals surface area contributed by atoms with E-state index >= 15 is 0 Å². The Balaban J connectivity index is 2.79. The normalized spacial score (nSPS) is 9.69. The van der Waals surface area contributed by atoms with E-state index in [4.69, 9.17) is 15.2 Å². The zero-order valence-electron chi connectivity index (χ0n) is 8.04. The van der Waals surface area contributed by atoms with E-state index in [9.17, 15) is 0 Å². The Kier molecular flexibility index (Phi) is 3.43. The highest BCUT2D eigenvalue weighted by Crippen LogP contribution is 2.26. The molecule has 1 rings (SSSR count). The smallest absolute Gasteiger partial charge is 0.142 e. The fourth-order valence-electron chi connectivity index (χ4n) is 1.07. The summed E-state index contributed by atoms with van der Waals surface area (Å²) in [6.45, 7) is 5.13. The first-order valence-electron chi connectivity index (χ1n) is 4.43. The number of rotatable bonds is 4. The Morgan fingerprint density at radius 1 is 1.15 bits per heavy atom. The molecule has 2 N–H and O–H groups in total. The minimum absolute atomic E-state index is 0.618. The number of ether oxygens (including phenoxy) is 2. The number of hydrogen-bond donors (Lipinski definition) is 1. The van der Waals surface area contributed by atoms with Crippen molar-refractivity contribution in [3.8, 4) is 11.5 Å². The predicted octanol–water partition coefficient (Wildman–Crippen LogP) is 2.07. The summed E-state index contributed by atoms with van der Waals surface area (Å²) in [6, 6.07) is 5.45. The molecule has 0 saturated carbocycles.